The summed E-state index contributed by atoms with van der Waals surface area (Å²) in [7, 11) is 0. The molecule has 0 saturated heterocycles. The largest absolute Gasteiger partial charge is 0.508 e. The van der Waals surface area contributed by atoms with Crippen LogP contribution in [0.4, 0.5) is 0 Å². The van der Waals surface area contributed by atoms with Gasteiger partial charge in [0, 0.05) is 16.1 Å². The molecule has 1 aliphatic rings. The molecule has 0 unspecified atom stereocenters. The molecular formula is C22H15BrO4. The van der Waals surface area contributed by atoms with Gasteiger partial charge in [-0.25, -0.2) is 0 Å². The van der Waals surface area contributed by atoms with Crippen molar-refractivity contribution in [3.63, 3.8) is 0 Å². The Morgan fingerprint density at radius 3 is 2.59 bits per heavy atom. The monoisotopic (exact) mass is 422 g/mol. The van der Waals surface area contributed by atoms with Gasteiger partial charge in [0.1, 0.15) is 23.9 Å². The number of hydrogen-bond acceptors (Lipinski definition) is 4. The standard InChI is InChI=1S/C22H15BrO4/c23-19-4-2-1-3-15(19)13-26-17-8-5-14(6-9-17)11-21-22(25)18-10-7-16(24)12-20(18)27-21/h1-12,24H,13H2/b21-11-. The molecule has 4 nitrogen and oxygen atoms in total. The zero-order chi connectivity index (χ0) is 18.8. The van der Waals surface area contributed by atoms with Gasteiger partial charge in [-0.2, -0.15) is 0 Å². The number of Topliss-reactive ketones (excluding diaryl/α,β-unsaturated/α-hetero) is 1. The number of carbonyl (C=O) groups excluding carboxylic acids is 1. The number of rotatable bonds is 4. The molecule has 4 rings (SSSR count). The normalized spacial score (nSPS) is 14.1. The summed E-state index contributed by atoms with van der Waals surface area (Å²) in [4.78, 5) is 12.4. The molecule has 1 aliphatic heterocycles. The lowest BCUT2D eigenvalue weighted by atomic mass is 10.1. The van der Waals surface area contributed by atoms with Crippen molar-refractivity contribution < 1.29 is 19.4 Å². The number of ketones is 1. The van der Waals surface area contributed by atoms with Crippen molar-refractivity contribution >= 4 is 27.8 Å². The fourth-order valence-corrected chi connectivity index (χ4v) is 3.16. The molecule has 0 aliphatic carbocycles. The first-order valence-electron chi connectivity index (χ1n) is 8.34. The lowest BCUT2D eigenvalue weighted by molar-refractivity contribution is 0.101. The fraction of sp³-hybridized carbons (Fsp3) is 0.0455. The summed E-state index contributed by atoms with van der Waals surface area (Å²) in [5.41, 5.74) is 2.34. The van der Waals surface area contributed by atoms with Crippen molar-refractivity contribution in [1.29, 1.82) is 0 Å². The van der Waals surface area contributed by atoms with Gasteiger partial charge in [-0.3, -0.25) is 4.79 Å². The number of aromatic hydroxyl groups is 1. The van der Waals surface area contributed by atoms with Crippen LogP contribution in [0.5, 0.6) is 17.2 Å². The number of allylic oxidation sites excluding steroid dienone is 1. The second-order valence-corrected chi connectivity index (χ2v) is 6.92. The van der Waals surface area contributed by atoms with Crippen molar-refractivity contribution in [2.24, 2.45) is 0 Å². The van der Waals surface area contributed by atoms with Crippen molar-refractivity contribution in [2.75, 3.05) is 0 Å². The van der Waals surface area contributed by atoms with Crippen LogP contribution in [0, 0.1) is 0 Å². The third-order valence-electron chi connectivity index (χ3n) is 4.18. The number of fused-ring (bicyclic) bond motifs is 1. The predicted molar refractivity (Wildman–Crippen MR) is 106 cm³/mol. The third-order valence-corrected chi connectivity index (χ3v) is 4.96. The maximum absolute atomic E-state index is 12.4. The van der Waals surface area contributed by atoms with Crippen LogP contribution < -0.4 is 9.47 Å². The van der Waals surface area contributed by atoms with Crippen LogP contribution in [0.25, 0.3) is 6.08 Å². The smallest absolute Gasteiger partial charge is 0.231 e. The Labute approximate surface area is 164 Å². The Morgan fingerprint density at radius 1 is 1.04 bits per heavy atom. The number of carbonyl (C=O) groups is 1. The highest BCUT2D eigenvalue weighted by Gasteiger charge is 2.27. The number of halogens is 1. The third kappa shape index (κ3) is 3.73. The summed E-state index contributed by atoms with van der Waals surface area (Å²) < 4.78 is 12.4. The predicted octanol–water partition coefficient (Wildman–Crippen LogP) is 5.35. The summed E-state index contributed by atoms with van der Waals surface area (Å²) in [5.74, 6) is 1.21. The highest BCUT2D eigenvalue weighted by Crippen LogP contribution is 2.34. The summed E-state index contributed by atoms with van der Waals surface area (Å²) in [6.07, 6.45) is 1.68. The minimum Gasteiger partial charge on any atom is -0.508 e. The van der Waals surface area contributed by atoms with Gasteiger partial charge < -0.3 is 14.6 Å². The van der Waals surface area contributed by atoms with Crippen molar-refractivity contribution in [3.05, 3.63) is 93.7 Å². The van der Waals surface area contributed by atoms with E-state index in [1.54, 1.807) is 12.1 Å². The molecule has 5 heteroatoms. The fourth-order valence-electron chi connectivity index (χ4n) is 2.76. The van der Waals surface area contributed by atoms with E-state index < -0.39 is 0 Å². The number of ether oxygens (including phenoxy) is 2. The molecule has 0 saturated carbocycles. The van der Waals surface area contributed by atoms with Crippen LogP contribution in [0.15, 0.2) is 77.0 Å². The highest BCUT2D eigenvalue weighted by atomic mass is 79.9. The molecule has 0 radical (unpaired) electrons. The minimum absolute atomic E-state index is 0.0642. The first kappa shape index (κ1) is 17.4. The second-order valence-electron chi connectivity index (χ2n) is 6.07. The van der Waals surface area contributed by atoms with Gasteiger partial charge >= 0.3 is 0 Å². The molecule has 0 atom stereocenters. The zero-order valence-corrected chi connectivity index (χ0v) is 15.8. The Kier molecular flexibility index (Phi) is 4.69. The van der Waals surface area contributed by atoms with Crippen LogP contribution in [0.2, 0.25) is 0 Å². The van der Waals surface area contributed by atoms with E-state index in [-0.39, 0.29) is 17.3 Å². The van der Waals surface area contributed by atoms with Crippen LogP contribution in [0.3, 0.4) is 0 Å². The first-order valence-corrected chi connectivity index (χ1v) is 9.13. The van der Waals surface area contributed by atoms with Crippen LogP contribution in [-0.4, -0.2) is 10.9 Å². The van der Waals surface area contributed by atoms with E-state index in [2.05, 4.69) is 15.9 Å². The van der Waals surface area contributed by atoms with E-state index in [0.29, 0.717) is 17.9 Å². The average Bonchev–Trinajstić information content (AvgIpc) is 2.97. The molecule has 0 aromatic heterocycles. The SMILES string of the molecule is O=C1/C(=C/c2ccc(OCc3ccccc3Br)cc2)Oc2cc(O)ccc21. The molecule has 1 N–H and O–H groups in total. The maximum Gasteiger partial charge on any atom is 0.231 e. The number of hydrogen-bond donors (Lipinski definition) is 1. The summed E-state index contributed by atoms with van der Waals surface area (Å²) in [5, 5.41) is 9.51. The summed E-state index contributed by atoms with van der Waals surface area (Å²) >= 11 is 3.50. The molecule has 3 aromatic carbocycles. The van der Waals surface area contributed by atoms with Gasteiger partial charge in [0.15, 0.2) is 5.76 Å². The van der Waals surface area contributed by atoms with Crippen molar-refractivity contribution in [1.82, 2.24) is 0 Å². The Hall–Kier alpha value is -3.05. The van der Waals surface area contributed by atoms with Crippen molar-refractivity contribution in [3.8, 4) is 17.2 Å². The highest BCUT2D eigenvalue weighted by molar-refractivity contribution is 9.10. The van der Waals surface area contributed by atoms with Gasteiger partial charge in [0.05, 0.1) is 5.56 Å². The number of phenolic OH excluding ortho intramolecular Hbond substituents is 1. The van der Waals surface area contributed by atoms with E-state index in [4.69, 9.17) is 9.47 Å². The Morgan fingerprint density at radius 2 is 1.81 bits per heavy atom. The van der Waals surface area contributed by atoms with Gasteiger partial charge in [0.2, 0.25) is 5.78 Å². The molecule has 3 aromatic rings. The molecule has 27 heavy (non-hydrogen) atoms. The summed E-state index contributed by atoms with van der Waals surface area (Å²) in [6, 6.07) is 19.8. The van der Waals surface area contributed by atoms with Gasteiger partial charge in [-0.1, -0.05) is 46.3 Å². The number of phenols is 1. The molecule has 0 amide bonds. The van der Waals surface area contributed by atoms with E-state index in [0.717, 1.165) is 21.3 Å². The van der Waals surface area contributed by atoms with Gasteiger partial charge in [-0.15, -0.1) is 0 Å². The first-order chi connectivity index (χ1) is 13.1. The lowest BCUT2D eigenvalue weighted by Gasteiger charge is -2.08. The van der Waals surface area contributed by atoms with E-state index in [9.17, 15) is 9.90 Å². The van der Waals surface area contributed by atoms with Crippen LogP contribution in [-0.2, 0) is 6.61 Å². The van der Waals surface area contributed by atoms with Crippen LogP contribution >= 0.6 is 15.9 Å². The topological polar surface area (TPSA) is 55.8 Å². The number of benzene rings is 3. The maximum atomic E-state index is 12.4. The Balaban J connectivity index is 1.46. The molecular weight excluding hydrogens is 408 g/mol. The molecule has 0 bridgehead atoms. The molecule has 0 spiro atoms. The lowest BCUT2D eigenvalue weighted by Crippen LogP contribution is -1.98. The van der Waals surface area contributed by atoms with Gasteiger partial charge in [0.25, 0.3) is 0 Å². The average molecular weight is 423 g/mol. The molecule has 0 fully saturated rings. The van der Waals surface area contributed by atoms with Crippen LogP contribution in [0.1, 0.15) is 21.5 Å². The minimum atomic E-state index is -0.195. The van der Waals surface area contributed by atoms with E-state index >= 15 is 0 Å². The van der Waals surface area contributed by atoms with Crippen molar-refractivity contribution in [2.45, 2.75) is 6.61 Å². The summed E-state index contributed by atoms with van der Waals surface area (Å²) in [6.45, 7) is 0.461. The second kappa shape index (κ2) is 7.29. The van der Waals surface area contributed by atoms with E-state index in [1.807, 2.05) is 48.5 Å². The molecule has 134 valence electrons. The zero-order valence-electron chi connectivity index (χ0n) is 14.2. The quantitative estimate of drug-likeness (QED) is 0.575. The van der Waals surface area contributed by atoms with E-state index in [1.165, 1.54) is 12.1 Å². The van der Waals surface area contributed by atoms with Gasteiger partial charge in [-0.05, 0) is 42.0 Å². The molecule has 1 heterocycles. The Bertz CT molecular complexity index is 1040.